The van der Waals surface area contributed by atoms with Crippen molar-refractivity contribution in [2.45, 2.75) is 19.1 Å². The third kappa shape index (κ3) is 3.22. The molecular weight excluding hydrogens is 206 g/mol. The molecule has 0 aliphatic rings. The molecule has 1 rings (SSSR count). The molecule has 1 aromatic rings. The Kier molecular flexibility index (Phi) is 4.28. The van der Waals surface area contributed by atoms with E-state index in [1.807, 2.05) is 0 Å². The monoisotopic (exact) mass is 223 g/mol. The summed E-state index contributed by atoms with van der Waals surface area (Å²) in [4.78, 5) is 11.1. The molecule has 0 spiro atoms. The minimum Gasteiger partial charge on any atom is -0.392 e. The summed E-state index contributed by atoms with van der Waals surface area (Å²) in [6.45, 7) is 1.99. The summed E-state index contributed by atoms with van der Waals surface area (Å²) in [5.41, 5.74) is 11.9. The molecule has 0 saturated carbocycles. The van der Waals surface area contributed by atoms with Crippen LogP contribution in [-0.2, 0) is 0 Å². The van der Waals surface area contributed by atoms with Crippen molar-refractivity contribution in [3.63, 3.8) is 0 Å². The first-order chi connectivity index (χ1) is 7.52. The number of aliphatic hydroxyl groups excluding tert-OH is 1. The fourth-order valence-corrected chi connectivity index (χ4v) is 1.25. The molecule has 5 nitrogen and oxygen atoms in total. The third-order valence-electron chi connectivity index (χ3n) is 2.34. The van der Waals surface area contributed by atoms with Gasteiger partial charge in [0.15, 0.2) is 0 Å². The van der Waals surface area contributed by atoms with Gasteiger partial charge < -0.3 is 21.9 Å². The number of aliphatic hydroxyl groups is 1. The van der Waals surface area contributed by atoms with Crippen LogP contribution in [0, 0.1) is 0 Å². The number of anilines is 1. The van der Waals surface area contributed by atoms with Gasteiger partial charge in [-0.05, 0) is 19.1 Å². The van der Waals surface area contributed by atoms with E-state index in [-0.39, 0.29) is 6.04 Å². The minimum absolute atomic E-state index is 0.377. The van der Waals surface area contributed by atoms with Gasteiger partial charge in [0.25, 0.3) is 5.91 Å². The van der Waals surface area contributed by atoms with Crippen LogP contribution in [0.3, 0.4) is 0 Å². The molecule has 0 aromatic heterocycles. The van der Waals surface area contributed by atoms with Crippen molar-refractivity contribution in [3.8, 4) is 0 Å². The Balaban J connectivity index is 2.70. The first-order valence-electron chi connectivity index (χ1n) is 5.08. The van der Waals surface area contributed by atoms with E-state index in [1.165, 1.54) is 0 Å². The van der Waals surface area contributed by atoms with Crippen LogP contribution in [0.2, 0.25) is 0 Å². The lowest BCUT2D eigenvalue weighted by molar-refractivity contribution is 0.100. The summed E-state index contributed by atoms with van der Waals surface area (Å²) in [7, 11) is 0. The second kappa shape index (κ2) is 5.48. The van der Waals surface area contributed by atoms with Crippen LogP contribution in [0.1, 0.15) is 17.3 Å². The van der Waals surface area contributed by atoms with E-state index in [1.54, 1.807) is 31.2 Å². The first kappa shape index (κ1) is 12.5. The molecule has 0 aliphatic carbocycles. The van der Waals surface area contributed by atoms with Crippen molar-refractivity contribution >= 4 is 11.6 Å². The number of carbonyl (C=O) groups excluding carboxylic acids is 1. The smallest absolute Gasteiger partial charge is 0.250 e. The van der Waals surface area contributed by atoms with Crippen LogP contribution in [0.4, 0.5) is 5.69 Å². The van der Waals surface area contributed by atoms with Crippen molar-refractivity contribution in [1.29, 1.82) is 0 Å². The van der Waals surface area contributed by atoms with Crippen LogP contribution >= 0.6 is 0 Å². The minimum atomic E-state index is -0.603. The lowest BCUT2D eigenvalue weighted by Gasteiger charge is -2.17. The number of benzene rings is 1. The summed E-state index contributed by atoms with van der Waals surface area (Å²) >= 11 is 0. The maximum atomic E-state index is 11.1. The number of amides is 1. The fourth-order valence-electron chi connectivity index (χ4n) is 1.25. The lowest BCUT2D eigenvalue weighted by atomic mass is 10.1. The maximum Gasteiger partial charge on any atom is 0.250 e. The van der Waals surface area contributed by atoms with Crippen molar-refractivity contribution in [2.75, 3.05) is 11.9 Å². The Morgan fingerprint density at radius 3 is 2.69 bits per heavy atom. The van der Waals surface area contributed by atoms with Gasteiger partial charge in [-0.15, -0.1) is 0 Å². The number of hydrogen-bond acceptors (Lipinski definition) is 4. The van der Waals surface area contributed by atoms with Gasteiger partial charge in [0.2, 0.25) is 0 Å². The SMILES string of the molecule is CC(O)C(N)CNc1ccccc1C(N)=O. The second-order valence-corrected chi connectivity index (χ2v) is 3.70. The Labute approximate surface area is 94.4 Å². The van der Waals surface area contributed by atoms with Crippen molar-refractivity contribution in [3.05, 3.63) is 29.8 Å². The van der Waals surface area contributed by atoms with Gasteiger partial charge in [0.1, 0.15) is 0 Å². The molecule has 16 heavy (non-hydrogen) atoms. The van der Waals surface area contributed by atoms with Gasteiger partial charge in [-0.25, -0.2) is 0 Å². The predicted molar refractivity (Wildman–Crippen MR) is 63.1 cm³/mol. The highest BCUT2D eigenvalue weighted by Gasteiger charge is 2.11. The number of nitrogens with one attached hydrogen (secondary N) is 1. The number of para-hydroxylation sites is 1. The standard InChI is InChI=1S/C11H17N3O2/c1-7(15)9(12)6-14-10-5-3-2-4-8(10)11(13)16/h2-5,7,9,14-15H,6,12H2,1H3,(H2,13,16). The molecule has 88 valence electrons. The van der Waals surface area contributed by atoms with Gasteiger partial charge in [-0.1, -0.05) is 12.1 Å². The third-order valence-corrected chi connectivity index (χ3v) is 2.34. The largest absolute Gasteiger partial charge is 0.392 e. The average Bonchev–Trinajstić information content (AvgIpc) is 2.25. The Morgan fingerprint density at radius 2 is 2.12 bits per heavy atom. The molecule has 1 amide bonds. The maximum absolute atomic E-state index is 11.1. The highest BCUT2D eigenvalue weighted by atomic mass is 16.3. The lowest BCUT2D eigenvalue weighted by Crippen LogP contribution is -2.39. The first-order valence-corrected chi connectivity index (χ1v) is 5.08. The van der Waals surface area contributed by atoms with Crippen LogP contribution in [0.25, 0.3) is 0 Å². The Hall–Kier alpha value is -1.59. The average molecular weight is 223 g/mol. The molecule has 0 fully saturated rings. The van der Waals surface area contributed by atoms with Gasteiger partial charge in [0.05, 0.1) is 11.7 Å². The molecule has 1 aromatic carbocycles. The fraction of sp³-hybridized carbons (Fsp3) is 0.364. The molecule has 0 saturated heterocycles. The summed E-state index contributed by atoms with van der Waals surface area (Å²) in [5, 5.41) is 12.2. The quantitative estimate of drug-likeness (QED) is 0.560. The van der Waals surface area contributed by atoms with E-state index in [0.29, 0.717) is 17.8 Å². The van der Waals surface area contributed by atoms with Crippen molar-refractivity contribution in [1.82, 2.24) is 0 Å². The van der Waals surface area contributed by atoms with Crippen LogP contribution in [0.5, 0.6) is 0 Å². The molecule has 0 radical (unpaired) electrons. The summed E-state index contributed by atoms with van der Waals surface area (Å²) < 4.78 is 0. The highest BCUT2D eigenvalue weighted by Crippen LogP contribution is 2.13. The molecule has 0 heterocycles. The van der Waals surface area contributed by atoms with Crippen LogP contribution in [0.15, 0.2) is 24.3 Å². The zero-order valence-corrected chi connectivity index (χ0v) is 9.18. The van der Waals surface area contributed by atoms with Gasteiger partial charge in [-0.2, -0.15) is 0 Å². The van der Waals surface area contributed by atoms with Crippen LogP contribution in [-0.4, -0.2) is 29.7 Å². The number of nitrogens with two attached hydrogens (primary N) is 2. The highest BCUT2D eigenvalue weighted by molar-refractivity contribution is 5.98. The second-order valence-electron chi connectivity index (χ2n) is 3.70. The number of primary amides is 1. The normalized spacial score (nSPS) is 14.2. The molecule has 6 N–H and O–H groups in total. The van der Waals surface area contributed by atoms with Gasteiger partial charge in [-0.3, -0.25) is 4.79 Å². The van der Waals surface area contributed by atoms with Crippen LogP contribution < -0.4 is 16.8 Å². The van der Waals surface area contributed by atoms with E-state index in [4.69, 9.17) is 11.5 Å². The summed E-state index contributed by atoms with van der Waals surface area (Å²) in [6, 6.07) is 6.52. The van der Waals surface area contributed by atoms with Crippen molar-refractivity contribution < 1.29 is 9.90 Å². The van der Waals surface area contributed by atoms with Gasteiger partial charge in [0, 0.05) is 18.3 Å². The van der Waals surface area contributed by atoms with E-state index >= 15 is 0 Å². The Bertz CT molecular complexity index is 366. The predicted octanol–water partition coefficient (Wildman–Crippen LogP) is -0.0945. The number of carbonyl (C=O) groups is 1. The topological polar surface area (TPSA) is 101 Å². The molecular formula is C11H17N3O2. The summed E-state index contributed by atoms with van der Waals surface area (Å²) in [5.74, 6) is -0.492. The van der Waals surface area contributed by atoms with E-state index in [2.05, 4.69) is 5.32 Å². The number of hydrogen-bond donors (Lipinski definition) is 4. The zero-order chi connectivity index (χ0) is 12.1. The molecule has 2 atom stereocenters. The zero-order valence-electron chi connectivity index (χ0n) is 9.18. The summed E-state index contributed by atoms with van der Waals surface area (Å²) in [6.07, 6.45) is -0.603. The van der Waals surface area contributed by atoms with E-state index in [0.717, 1.165) is 0 Å². The van der Waals surface area contributed by atoms with Crippen molar-refractivity contribution in [2.24, 2.45) is 11.5 Å². The Morgan fingerprint density at radius 1 is 1.50 bits per heavy atom. The number of rotatable bonds is 5. The molecule has 0 aliphatic heterocycles. The van der Waals surface area contributed by atoms with E-state index in [9.17, 15) is 9.90 Å². The molecule has 0 bridgehead atoms. The van der Waals surface area contributed by atoms with E-state index < -0.39 is 12.0 Å². The molecule has 2 unspecified atom stereocenters. The van der Waals surface area contributed by atoms with Gasteiger partial charge >= 0.3 is 0 Å². The molecule has 5 heteroatoms.